The Hall–Kier alpha value is -1.13. The van der Waals surface area contributed by atoms with Gasteiger partial charge in [-0.05, 0) is 25.0 Å². The van der Waals surface area contributed by atoms with Crippen LogP contribution < -0.4 is 10.6 Å². The fourth-order valence-electron chi connectivity index (χ4n) is 2.75. The summed E-state index contributed by atoms with van der Waals surface area (Å²) >= 11 is 0. The van der Waals surface area contributed by atoms with Gasteiger partial charge in [0.2, 0.25) is 0 Å². The van der Waals surface area contributed by atoms with Gasteiger partial charge in [-0.1, -0.05) is 19.4 Å². The molecule has 1 unspecified atom stereocenters. The van der Waals surface area contributed by atoms with Gasteiger partial charge in [-0.25, -0.2) is 4.98 Å². The zero-order chi connectivity index (χ0) is 13.7. The summed E-state index contributed by atoms with van der Waals surface area (Å²) in [4.78, 5) is 9.42. The van der Waals surface area contributed by atoms with Crippen molar-refractivity contribution in [1.82, 2.24) is 9.88 Å². The summed E-state index contributed by atoms with van der Waals surface area (Å²) in [7, 11) is 0. The van der Waals surface area contributed by atoms with Crippen molar-refractivity contribution in [2.45, 2.75) is 32.7 Å². The van der Waals surface area contributed by atoms with Crippen LogP contribution >= 0.6 is 0 Å². The van der Waals surface area contributed by atoms with Crippen LogP contribution in [-0.4, -0.2) is 48.6 Å². The van der Waals surface area contributed by atoms with E-state index in [2.05, 4.69) is 40.8 Å². The Morgan fingerprint density at radius 2 is 2.00 bits per heavy atom. The Balaban J connectivity index is 1.89. The molecule has 19 heavy (non-hydrogen) atoms. The number of hydrogen-bond donors (Lipinski definition) is 1. The fourth-order valence-corrected chi connectivity index (χ4v) is 2.75. The summed E-state index contributed by atoms with van der Waals surface area (Å²) in [5.41, 5.74) is 7.10. The zero-order valence-corrected chi connectivity index (χ0v) is 12.2. The number of piperazine rings is 1. The second-order valence-electron chi connectivity index (χ2n) is 5.39. The van der Waals surface area contributed by atoms with Crippen molar-refractivity contribution in [2.24, 2.45) is 5.73 Å². The molecular formula is C15H26N4. The molecule has 1 atom stereocenters. The van der Waals surface area contributed by atoms with E-state index < -0.39 is 0 Å². The van der Waals surface area contributed by atoms with Crippen molar-refractivity contribution in [3.8, 4) is 0 Å². The van der Waals surface area contributed by atoms with Crippen LogP contribution in [0.2, 0.25) is 0 Å². The van der Waals surface area contributed by atoms with Crippen molar-refractivity contribution in [3.05, 3.63) is 23.9 Å². The van der Waals surface area contributed by atoms with Crippen molar-refractivity contribution < 1.29 is 0 Å². The normalized spacial score (nSPS) is 18.6. The highest BCUT2D eigenvalue weighted by Gasteiger charge is 2.22. The number of nitrogens with two attached hydrogens (primary N) is 1. The molecule has 0 aliphatic carbocycles. The third kappa shape index (κ3) is 3.67. The van der Waals surface area contributed by atoms with Crippen LogP contribution in [-0.2, 0) is 0 Å². The van der Waals surface area contributed by atoms with E-state index in [0.717, 1.165) is 38.5 Å². The summed E-state index contributed by atoms with van der Waals surface area (Å²) < 4.78 is 0. The van der Waals surface area contributed by atoms with Crippen LogP contribution in [0, 0.1) is 6.92 Å². The lowest BCUT2D eigenvalue weighted by atomic mass is 10.1. The maximum atomic E-state index is 5.88. The summed E-state index contributed by atoms with van der Waals surface area (Å²) in [6.07, 6.45) is 4.36. The van der Waals surface area contributed by atoms with Crippen LogP contribution in [0.15, 0.2) is 18.3 Å². The van der Waals surface area contributed by atoms with Gasteiger partial charge >= 0.3 is 0 Å². The molecule has 0 saturated carbocycles. The van der Waals surface area contributed by atoms with Gasteiger partial charge in [0.1, 0.15) is 5.82 Å². The van der Waals surface area contributed by atoms with Gasteiger partial charge < -0.3 is 10.6 Å². The van der Waals surface area contributed by atoms with Gasteiger partial charge in [0.15, 0.2) is 0 Å². The van der Waals surface area contributed by atoms with Crippen LogP contribution in [0.25, 0.3) is 0 Å². The Labute approximate surface area is 116 Å². The molecule has 106 valence electrons. The molecule has 0 amide bonds. The number of nitrogens with zero attached hydrogens (tertiary/aromatic N) is 3. The maximum Gasteiger partial charge on any atom is 0.128 e. The van der Waals surface area contributed by atoms with E-state index >= 15 is 0 Å². The minimum Gasteiger partial charge on any atom is -0.354 e. The number of aromatic nitrogens is 1. The van der Waals surface area contributed by atoms with E-state index in [1.807, 2.05) is 6.20 Å². The first kappa shape index (κ1) is 14.3. The molecule has 2 N–H and O–H groups in total. The smallest absolute Gasteiger partial charge is 0.128 e. The van der Waals surface area contributed by atoms with Gasteiger partial charge in [-0.15, -0.1) is 0 Å². The summed E-state index contributed by atoms with van der Waals surface area (Å²) in [5.74, 6) is 1.10. The van der Waals surface area contributed by atoms with Crippen molar-refractivity contribution in [3.63, 3.8) is 0 Å². The first-order valence-electron chi connectivity index (χ1n) is 7.36. The number of anilines is 1. The minimum absolute atomic E-state index is 0.554. The monoisotopic (exact) mass is 262 g/mol. The standard InChI is InChI=1S/C15H26N4/c1-3-4-14(11-16)18-7-9-19(10-8-18)15-6-5-13(2)12-17-15/h5-6,12,14H,3-4,7-11,16H2,1-2H3. The number of rotatable bonds is 5. The lowest BCUT2D eigenvalue weighted by Gasteiger charge is -2.39. The predicted molar refractivity (Wildman–Crippen MR) is 80.5 cm³/mol. The second kappa shape index (κ2) is 6.87. The molecule has 1 aromatic heterocycles. The van der Waals surface area contributed by atoms with E-state index in [9.17, 15) is 0 Å². The Bertz CT molecular complexity index is 368. The van der Waals surface area contributed by atoms with Gasteiger partial charge in [-0.3, -0.25) is 4.90 Å². The molecular weight excluding hydrogens is 236 g/mol. The summed E-state index contributed by atoms with van der Waals surface area (Å²) in [6.45, 7) is 9.37. The highest BCUT2D eigenvalue weighted by molar-refractivity contribution is 5.39. The third-order valence-corrected chi connectivity index (χ3v) is 3.94. The SMILES string of the molecule is CCCC(CN)N1CCN(c2ccc(C)cn2)CC1. The van der Waals surface area contributed by atoms with Crippen molar-refractivity contribution in [1.29, 1.82) is 0 Å². The molecule has 4 heteroatoms. The minimum atomic E-state index is 0.554. The number of hydrogen-bond acceptors (Lipinski definition) is 4. The molecule has 2 rings (SSSR count). The summed E-state index contributed by atoms with van der Waals surface area (Å²) in [6, 6.07) is 4.81. The van der Waals surface area contributed by atoms with Crippen molar-refractivity contribution >= 4 is 5.82 Å². The molecule has 0 bridgehead atoms. The van der Waals surface area contributed by atoms with Crippen molar-refractivity contribution in [2.75, 3.05) is 37.6 Å². The molecule has 0 aromatic carbocycles. The number of aryl methyl sites for hydroxylation is 1. The van der Waals surface area contributed by atoms with E-state index in [0.29, 0.717) is 6.04 Å². The van der Waals surface area contributed by atoms with E-state index in [4.69, 9.17) is 5.73 Å². The number of pyridine rings is 1. The van der Waals surface area contributed by atoms with E-state index in [-0.39, 0.29) is 0 Å². The molecule has 1 aliphatic heterocycles. The molecule has 1 aliphatic rings. The topological polar surface area (TPSA) is 45.4 Å². The molecule has 1 aromatic rings. The molecule has 0 radical (unpaired) electrons. The van der Waals surface area contributed by atoms with Gasteiger partial charge in [0.05, 0.1) is 0 Å². The first-order chi connectivity index (χ1) is 9.24. The maximum absolute atomic E-state index is 5.88. The van der Waals surface area contributed by atoms with Crippen LogP contribution in [0.4, 0.5) is 5.82 Å². The van der Waals surface area contributed by atoms with Crippen LogP contribution in [0.3, 0.4) is 0 Å². The Morgan fingerprint density at radius 1 is 1.26 bits per heavy atom. The fraction of sp³-hybridized carbons (Fsp3) is 0.667. The lowest BCUT2D eigenvalue weighted by molar-refractivity contribution is 0.179. The van der Waals surface area contributed by atoms with Crippen LogP contribution in [0.5, 0.6) is 0 Å². The van der Waals surface area contributed by atoms with E-state index in [1.165, 1.54) is 18.4 Å². The summed E-state index contributed by atoms with van der Waals surface area (Å²) in [5, 5.41) is 0. The highest BCUT2D eigenvalue weighted by Crippen LogP contribution is 2.16. The molecule has 2 heterocycles. The third-order valence-electron chi connectivity index (χ3n) is 3.94. The largest absolute Gasteiger partial charge is 0.354 e. The molecule has 0 spiro atoms. The van der Waals surface area contributed by atoms with Gasteiger partial charge in [0.25, 0.3) is 0 Å². The Morgan fingerprint density at radius 3 is 2.53 bits per heavy atom. The first-order valence-corrected chi connectivity index (χ1v) is 7.36. The molecule has 1 saturated heterocycles. The molecule has 4 nitrogen and oxygen atoms in total. The van der Waals surface area contributed by atoms with E-state index in [1.54, 1.807) is 0 Å². The van der Waals surface area contributed by atoms with Gasteiger partial charge in [-0.2, -0.15) is 0 Å². The quantitative estimate of drug-likeness (QED) is 0.876. The Kier molecular flexibility index (Phi) is 5.16. The van der Waals surface area contributed by atoms with Gasteiger partial charge in [0, 0.05) is 45.0 Å². The average Bonchev–Trinajstić information content (AvgIpc) is 2.46. The second-order valence-corrected chi connectivity index (χ2v) is 5.39. The molecule has 1 fully saturated rings. The highest BCUT2D eigenvalue weighted by atomic mass is 15.3. The average molecular weight is 262 g/mol. The zero-order valence-electron chi connectivity index (χ0n) is 12.2. The lowest BCUT2D eigenvalue weighted by Crippen LogP contribution is -2.52. The predicted octanol–water partition coefficient (Wildman–Crippen LogP) is 1.64. The van der Waals surface area contributed by atoms with Crippen LogP contribution in [0.1, 0.15) is 25.3 Å².